The van der Waals surface area contributed by atoms with Crippen LogP contribution in [0.4, 0.5) is 5.69 Å². The number of anilines is 1. The average Bonchev–Trinajstić information content (AvgIpc) is 2.60. The van der Waals surface area contributed by atoms with Crippen molar-refractivity contribution in [2.45, 2.75) is 24.7 Å². The summed E-state index contributed by atoms with van der Waals surface area (Å²) >= 11 is 3.79. The number of rotatable bonds is 4. The lowest BCUT2D eigenvalue weighted by atomic mass is 10.3. The Morgan fingerprint density at radius 2 is 2.21 bits per heavy atom. The van der Waals surface area contributed by atoms with E-state index < -0.39 is 0 Å². The fourth-order valence-electron chi connectivity index (χ4n) is 1.27. The Morgan fingerprint density at radius 1 is 1.36 bits per heavy atom. The van der Waals surface area contributed by atoms with Crippen LogP contribution in [0.5, 0.6) is 0 Å². The van der Waals surface area contributed by atoms with Crippen LogP contribution in [0.1, 0.15) is 19.8 Å². The minimum absolute atomic E-state index is 1.22. The molecule has 0 unspecified atom stereocenters. The second-order valence-corrected chi connectivity index (χ2v) is 5.63. The molecule has 14 heavy (non-hydrogen) atoms. The Bertz CT molecular complexity index is 276. The number of thioether (sulfide) groups is 2. The molecule has 0 bridgehead atoms. The zero-order chi connectivity index (χ0) is 9.80. The van der Waals surface area contributed by atoms with E-state index in [0.29, 0.717) is 0 Å². The van der Waals surface area contributed by atoms with Gasteiger partial charge in [0.25, 0.3) is 0 Å². The summed E-state index contributed by atoms with van der Waals surface area (Å²) in [5.74, 6) is 1.22. The van der Waals surface area contributed by atoms with Crippen molar-refractivity contribution in [2.75, 3.05) is 11.1 Å². The van der Waals surface area contributed by atoms with Gasteiger partial charge in [-0.05, 0) is 24.3 Å². The summed E-state index contributed by atoms with van der Waals surface area (Å²) in [6.07, 6.45) is 2.57. The van der Waals surface area contributed by atoms with E-state index in [1.54, 1.807) is 0 Å². The monoisotopic (exact) mass is 224 g/mol. The predicted octanol–water partition coefficient (Wildman–Crippen LogP) is 4.18. The number of nitrogens with one attached hydrogen (secondary N) is 1. The van der Waals surface area contributed by atoms with Crippen LogP contribution in [-0.4, -0.2) is 5.75 Å². The first kappa shape index (κ1) is 10.2. The number of hydrogen-bond donors (Lipinski definition) is 1. The third-order valence-corrected chi connectivity index (χ3v) is 4.38. The smallest absolute Gasteiger partial charge is 0.179 e. The van der Waals surface area contributed by atoms with Crippen LogP contribution >= 0.6 is 23.5 Å². The van der Waals surface area contributed by atoms with Crippen molar-refractivity contribution < 1.29 is 0 Å². The lowest BCUT2D eigenvalue weighted by Gasteiger charge is -2.06. The quantitative estimate of drug-likeness (QED) is 0.770. The molecule has 75 valence electrons. The van der Waals surface area contributed by atoms with E-state index in [4.69, 9.17) is 0 Å². The predicted molar refractivity (Wildman–Crippen MR) is 66.5 cm³/mol. The summed E-state index contributed by atoms with van der Waals surface area (Å²) in [7, 11) is 0. The normalized spacial score (nSPS) is 15.2. The van der Waals surface area contributed by atoms with Crippen LogP contribution in [-0.2, 0) is 0 Å². The Kier molecular flexibility index (Phi) is 3.65. The Balaban J connectivity index is 1.86. The van der Waals surface area contributed by atoms with Crippen LogP contribution in [0.3, 0.4) is 0 Å². The molecule has 1 aromatic carbocycles. The topological polar surface area (TPSA) is 12.0 Å². The van der Waals surface area contributed by atoms with E-state index >= 15 is 0 Å². The molecule has 1 aliphatic rings. The SMILES string of the molecule is CCCCS[C]1Nc2ccccc2S1. The van der Waals surface area contributed by atoms with Gasteiger partial charge in [-0.15, -0.1) is 11.8 Å². The van der Waals surface area contributed by atoms with Gasteiger partial charge < -0.3 is 5.32 Å². The standard InChI is InChI=1S/C11H14NS2/c1-2-3-8-13-11-12-9-6-4-5-7-10(9)14-11/h4-7,12H,2-3,8H2,1H3. The first-order valence-corrected chi connectivity index (χ1v) is 6.74. The van der Waals surface area contributed by atoms with Crippen LogP contribution in [0.25, 0.3) is 0 Å². The van der Waals surface area contributed by atoms with Gasteiger partial charge in [0.05, 0.1) is 0 Å². The molecule has 0 atom stereocenters. The number of hydrogen-bond acceptors (Lipinski definition) is 3. The van der Waals surface area contributed by atoms with Crippen molar-refractivity contribution in [3.05, 3.63) is 29.0 Å². The lowest BCUT2D eigenvalue weighted by Crippen LogP contribution is -1.96. The third kappa shape index (κ3) is 2.39. The molecule has 0 aromatic heterocycles. The Morgan fingerprint density at radius 3 is 3.00 bits per heavy atom. The first-order valence-electron chi connectivity index (χ1n) is 4.94. The van der Waals surface area contributed by atoms with Gasteiger partial charge in [-0.1, -0.05) is 37.2 Å². The number of unbranched alkanes of at least 4 members (excludes halogenated alkanes) is 1. The van der Waals surface area contributed by atoms with Gasteiger partial charge in [0.1, 0.15) is 0 Å². The molecule has 3 heteroatoms. The molecule has 0 fully saturated rings. The summed E-state index contributed by atoms with van der Waals surface area (Å²) in [6.45, 7) is 2.23. The average molecular weight is 224 g/mol. The van der Waals surface area contributed by atoms with Crippen molar-refractivity contribution >= 4 is 29.2 Å². The molecule has 0 saturated carbocycles. The van der Waals surface area contributed by atoms with E-state index in [1.807, 2.05) is 23.5 Å². The molecular formula is C11H14NS2. The van der Waals surface area contributed by atoms with Crippen LogP contribution in [0.2, 0.25) is 0 Å². The molecule has 1 aliphatic heterocycles. The maximum atomic E-state index is 3.44. The molecule has 0 spiro atoms. The minimum atomic E-state index is 1.22. The zero-order valence-electron chi connectivity index (χ0n) is 8.25. The lowest BCUT2D eigenvalue weighted by molar-refractivity contribution is 0.897. The highest BCUT2D eigenvalue weighted by Crippen LogP contribution is 2.47. The van der Waals surface area contributed by atoms with Gasteiger partial charge in [0, 0.05) is 10.6 Å². The van der Waals surface area contributed by atoms with Crippen molar-refractivity contribution in [3.8, 4) is 0 Å². The maximum absolute atomic E-state index is 3.44. The second kappa shape index (κ2) is 4.99. The van der Waals surface area contributed by atoms with Gasteiger partial charge in [0.2, 0.25) is 0 Å². The van der Waals surface area contributed by atoms with Crippen LogP contribution < -0.4 is 5.32 Å². The van der Waals surface area contributed by atoms with Crippen LogP contribution in [0.15, 0.2) is 29.2 Å². The van der Waals surface area contributed by atoms with Gasteiger partial charge in [-0.25, -0.2) is 0 Å². The highest BCUT2D eigenvalue weighted by Gasteiger charge is 2.21. The minimum Gasteiger partial charge on any atom is -0.358 e. The largest absolute Gasteiger partial charge is 0.358 e. The fourth-order valence-corrected chi connectivity index (χ4v) is 3.56. The molecular weight excluding hydrogens is 210 g/mol. The van der Waals surface area contributed by atoms with Crippen molar-refractivity contribution in [2.24, 2.45) is 0 Å². The van der Waals surface area contributed by atoms with Crippen molar-refractivity contribution in [3.63, 3.8) is 0 Å². The van der Waals surface area contributed by atoms with Gasteiger partial charge >= 0.3 is 0 Å². The summed E-state index contributed by atoms with van der Waals surface area (Å²) < 4.78 is 1.33. The van der Waals surface area contributed by atoms with E-state index in [0.717, 1.165) is 0 Å². The molecule has 0 amide bonds. The maximum Gasteiger partial charge on any atom is 0.179 e. The molecule has 1 nitrogen and oxygen atoms in total. The highest BCUT2D eigenvalue weighted by atomic mass is 32.2. The molecule has 2 rings (SSSR count). The Hall–Kier alpha value is -0.280. The van der Waals surface area contributed by atoms with Crippen molar-refractivity contribution in [1.29, 1.82) is 0 Å². The number of benzene rings is 1. The number of fused-ring (bicyclic) bond motifs is 1. The van der Waals surface area contributed by atoms with Gasteiger partial charge in [-0.2, -0.15) is 0 Å². The summed E-state index contributed by atoms with van der Waals surface area (Å²) in [6, 6.07) is 8.47. The molecule has 1 radical (unpaired) electrons. The van der Waals surface area contributed by atoms with Crippen LogP contribution in [0, 0.1) is 4.71 Å². The van der Waals surface area contributed by atoms with Gasteiger partial charge in [-0.3, -0.25) is 0 Å². The van der Waals surface area contributed by atoms with Crippen molar-refractivity contribution in [1.82, 2.24) is 0 Å². The summed E-state index contributed by atoms with van der Waals surface area (Å²) in [4.78, 5) is 1.35. The fraction of sp³-hybridized carbons (Fsp3) is 0.364. The molecule has 0 aliphatic carbocycles. The van der Waals surface area contributed by atoms with E-state index in [1.165, 1.54) is 33.9 Å². The highest BCUT2D eigenvalue weighted by molar-refractivity contribution is 8.21. The van der Waals surface area contributed by atoms with E-state index in [9.17, 15) is 0 Å². The van der Waals surface area contributed by atoms with Gasteiger partial charge in [0.15, 0.2) is 4.71 Å². The second-order valence-electron chi connectivity index (χ2n) is 3.21. The number of para-hydroxylation sites is 1. The first-order chi connectivity index (χ1) is 6.90. The van der Waals surface area contributed by atoms with E-state index in [-0.39, 0.29) is 0 Å². The third-order valence-electron chi connectivity index (χ3n) is 2.06. The van der Waals surface area contributed by atoms with E-state index in [2.05, 4.69) is 36.5 Å². The zero-order valence-corrected chi connectivity index (χ0v) is 9.88. The summed E-state index contributed by atoms with van der Waals surface area (Å²) in [5.41, 5.74) is 1.26. The summed E-state index contributed by atoms with van der Waals surface area (Å²) in [5, 5.41) is 3.44. The molecule has 0 saturated heterocycles. The Labute approximate surface area is 94.0 Å². The molecule has 1 N–H and O–H groups in total. The molecule has 1 heterocycles. The molecule has 1 aromatic rings.